The molecule has 15 heavy (non-hydrogen) atoms. The fraction of sp³-hybridized carbons (Fsp3) is 0.500. The molecule has 0 bridgehead atoms. The second kappa shape index (κ2) is 6.16. The summed E-state index contributed by atoms with van der Waals surface area (Å²) in [6.07, 6.45) is 3.22. The molecule has 1 aromatic rings. The summed E-state index contributed by atoms with van der Waals surface area (Å²) in [5.74, 6) is 6.19. The number of hydrogen-bond donors (Lipinski definition) is 2. The summed E-state index contributed by atoms with van der Waals surface area (Å²) in [6.45, 7) is 4.42. The van der Waals surface area contributed by atoms with E-state index < -0.39 is 0 Å². The lowest BCUT2D eigenvalue weighted by atomic mass is 9.93. The summed E-state index contributed by atoms with van der Waals surface area (Å²) in [7, 11) is 0. The topological polar surface area (TPSA) is 38.0 Å². The van der Waals surface area contributed by atoms with Gasteiger partial charge in [-0.15, -0.1) is 11.8 Å². The number of nitrogens with two attached hydrogens (primary N) is 1. The Kier molecular flexibility index (Phi) is 5.15. The van der Waals surface area contributed by atoms with Crippen LogP contribution in [0.15, 0.2) is 29.2 Å². The highest BCUT2D eigenvalue weighted by atomic mass is 32.2. The van der Waals surface area contributed by atoms with Crippen LogP contribution in [0.25, 0.3) is 0 Å². The molecule has 0 aliphatic heterocycles. The first-order valence-electron chi connectivity index (χ1n) is 5.33. The van der Waals surface area contributed by atoms with Gasteiger partial charge in [-0.2, -0.15) is 0 Å². The second-order valence-corrected chi connectivity index (χ2v) is 4.62. The molecule has 2 atom stereocenters. The number of rotatable bonds is 5. The van der Waals surface area contributed by atoms with E-state index in [-0.39, 0.29) is 6.04 Å². The lowest BCUT2D eigenvalue weighted by Crippen LogP contribution is -2.32. The Hall–Kier alpha value is -0.510. The predicted octanol–water partition coefficient (Wildman–Crippen LogP) is 2.96. The molecule has 84 valence electrons. The summed E-state index contributed by atoms with van der Waals surface area (Å²) in [6, 6.07) is 8.69. The van der Waals surface area contributed by atoms with Gasteiger partial charge in [0, 0.05) is 10.9 Å². The van der Waals surface area contributed by atoms with Crippen LogP contribution in [-0.4, -0.2) is 6.26 Å². The highest BCUT2D eigenvalue weighted by Crippen LogP contribution is 2.30. The zero-order valence-corrected chi connectivity index (χ0v) is 10.5. The monoisotopic (exact) mass is 224 g/mol. The average molecular weight is 224 g/mol. The summed E-state index contributed by atoms with van der Waals surface area (Å²) in [5, 5.41) is 0. The van der Waals surface area contributed by atoms with E-state index in [2.05, 4.69) is 49.8 Å². The highest BCUT2D eigenvalue weighted by Gasteiger charge is 2.18. The smallest absolute Gasteiger partial charge is 0.0496 e. The van der Waals surface area contributed by atoms with Crippen molar-refractivity contribution in [2.75, 3.05) is 6.26 Å². The zero-order valence-electron chi connectivity index (χ0n) is 9.66. The molecule has 0 aromatic heterocycles. The lowest BCUT2D eigenvalue weighted by Gasteiger charge is -2.24. The third kappa shape index (κ3) is 2.97. The summed E-state index contributed by atoms with van der Waals surface area (Å²) >= 11 is 1.77. The van der Waals surface area contributed by atoms with Crippen molar-refractivity contribution in [2.45, 2.75) is 31.2 Å². The van der Waals surface area contributed by atoms with Gasteiger partial charge in [0.2, 0.25) is 0 Å². The van der Waals surface area contributed by atoms with Gasteiger partial charge >= 0.3 is 0 Å². The molecule has 0 fully saturated rings. The van der Waals surface area contributed by atoms with Gasteiger partial charge in [0.25, 0.3) is 0 Å². The van der Waals surface area contributed by atoms with Crippen LogP contribution in [0.5, 0.6) is 0 Å². The first-order valence-corrected chi connectivity index (χ1v) is 6.56. The highest BCUT2D eigenvalue weighted by molar-refractivity contribution is 7.98. The summed E-state index contributed by atoms with van der Waals surface area (Å²) < 4.78 is 0. The molecule has 0 aliphatic carbocycles. The van der Waals surface area contributed by atoms with Gasteiger partial charge in [0.1, 0.15) is 0 Å². The fourth-order valence-electron chi connectivity index (χ4n) is 1.72. The normalized spacial score (nSPS) is 14.9. The minimum absolute atomic E-state index is 0.249. The Morgan fingerprint density at radius 1 is 1.40 bits per heavy atom. The van der Waals surface area contributed by atoms with Crippen molar-refractivity contribution < 1.29 is 0 Å². The van der Waals surface area contributed by atoms with E-state index in [4.69, 9.17) is 5.84 Å². The Bertz CT molecular complexity index is 301. The van der Waals surface area contributed by atoms with Crippen LogP contribution in [0.3, 0.4) is 0 Å². The van der Waals surface area contributed by atoms with Crippen molar-refractivity contribution in [1.29, 1.82) is 0 Å². The SMILES string of the molecule is CCC(C)C(NN)c1ccccc1SC. The number of nitrogens with one attached hydrogen (secondary N) is 1. The van der Waals surface area contributed by atoms with Crippen molar-refractivity contribution in [3.8, 4) is 0 Å². The van der Waals surface area contributed by atoms with Crippen LogP contribution in [0.4, 0.5) is 0 Å². The fourth-order valence-corrected chi connectivity index (χ4v) is 2.36. The van der Waals surface area contributed by atoms with Crippen LogP contribution in [0, 0.1) is 5.92 Å². The van der Waals surface area contributed by atoms with Crippen molar-refractivity contribution >= 4 is 11.8 Å². The first kappa shape index (κ1) is 12.6. The molecule has 1 rings (SSSR count). The number of thioether (sulfide) groups is 1. The Morgan fingerprint density at radius 2 is 2.07 bits per heavy atom. The van der Waals surface area contributed by atoms with Gasteiger partial charge in [-0.25, -0.2) is 0 Å². The molecule has 3 N–H and O–H groups in total. The van der Waals surface area contributed by atoms with Crippen molar-refractivity contribution in [2.24, 2.45) is 11.8 Å². The van der Waals surface area contributed by atoms with Gasteiger partial charge < -0.3 is 0 Å². The van der Waals surface area contributed by atoms with Gasteiger partial charge in [-0.05, 0) is 23.8 Å². The van der Waals surface area contributed by atoms with Crippen LogP contribution in [0.2, 0.25) is 0 Å². The molecule has 0 spiro atoms. The molecule has 0 heterocycles. The predicted molar refractivity (Wildman–Crippen MR) is 67.7 cm³/mol. The van der Waals surface area contributed by atoms with Gasteiger partial charge in [0.05, 0.1) is 0 Å². The van der Waals surface area contributed by atoms with E-state index in [1.807, 2.05) is 0 Å². The summed E-state index contributed by atoms with van der Waals surface area (Å²) in [5.41, 5.74) is 4.24. The third-order valence-corrected chi connectivity index (χ3v) is 3.68. The maximum absolute atomic E-state index is 5.65. The van der Waals surface area contributed by atoms with Crippen molar-refractivity contribution in [3.05, 3.63) is 29.8 Å². The Morgan fingerprint density at radius 3 is 2.60 bits per heavy atom. The maximum atomic E-state index is 5.65. The molecule has 3 heteroatoms. The van der Waals surface area contributed by atoms with E-state index in [1.165, 1.54) is 10.5 Å². The van der Waals surface area contributed by atoms with Crippen LogP contribution in [0.1, 0.15) is 31.9 Å². The molecular weight excluding hydrogens is 204 g/mol. The number of hydrazine groups is 1. The molecule has 1 aromatic carbocycles. The molecule has 2 nitrogen and oxygen atoms in total. The van der Waals surface area contributed by atoms with Gasteiger partial charge in [-0.3, -0.25) is 11.3 Å². The number of benzene rings is 1. The molecule has 0 aliphatic rings. The Labute approximate surface area is 96.6 Å². The van der Waals surface area contributed by atoms with Crippen LogP contribution < -0.4 is 11.3 Å². The van der Waals surface area contributed by atoms with E-state index in [0.29, 0.717) is 5.92 Å². The first-order chi connectivity index (χ1) is 7.24. The van der Waals surface area contributed by atoms with Crippen LogP contribution >= 0.6 is 11.8 Å². The molecule has 2 unspecified atom stereocenters. The quantitative estimate of drug-likeness (QED) is 0.459. The minimum atomic E-state index is 0.249. The number of hydrogen-bond acceptors (Lipinski definition) is 3. The van der Waals surface area contributed by atoms with Crippen molar-refractivity contribution in [1.82, 2.24) is 5.43 Å². The summed E-state index contributed by atoms with van der Waals surface area (Å²) in [4.78, 5) is 1.31. The van der Waals surface area contributed by atoms with E-state index >= 15 is 0 Å². The molecule has 0 amide bonds. The maximum Gasteiger partial charge on any atom is 0.0496 e. The van der Waals surface area contributed by atoms with Gasteiger partial charge in [0.15, 0.2) is 0 Å². The van der Waals surface area contributed by atoms with Crippen LogP contribution in [-0.2, 0) is 0 Å². The Balaban J connectivity index is 3.00. The largest absolute Gasteiger partial charge is 0.271 e. The lowest BCUT2D eigenvalue weighted by molar-refractivity contribution is 0.378. The molecule has 0 radical (unpaired) electrons. The van der Waals surface area contributed by atoms with Crippen molar-refractivity contribution in [3.63, 3.8) is 0 Å². The standard InChI is InChI=1S/C12H20N2S/c1-4-9(2)12(14-13)10-7-5-6-8-11(10)15-3/h5-9,12,14H,4,13H2,1-3H3. The van der Waals surface area contributed by atoms with E-state index in [0.717, 1.165) is 6.42 Å². The van der Waals surface area contributed by atoms with E-state index in [9.17, 15) is 0 Å². The second-order valence-electron chi connectivity index (χ2n) is 3.77. The molecule has 0 saturated heterocycles. The zero-order chi connectivity index (χ0) is 11.3. The van der Waals surface area contributed by atoms with E-state index in [1.54, 1.807) is 11.8 Å². The molecule has 0 saturated carbocycles. The minimum Gasteiger partial charge on any atom is -0.271 e. The van der Waals surface area contributed by atoms with Gasteiger partial charge in [-0.1, -0.05) is 38.5 Å². The average Bonchev–Trinajstić information content (AvgIpc) is 2.30. The third-order valence-electron chi connectivity index (χ3n) is 2.87. The molecular formula is C12H20N2S.